The molecule has 0 saturated heterocycles. The number of aryl methyl sites for hydroxylation is 1. The summed E-state index contributed by atoms with van der Waals surface area (Å²) in [5, 5.41) is 9.28. The predicted molar refractivity (Wildman–Crippen MR) is 63.0 cm³/mol. The minimum atomic E-state index is 0.285. The molecule has 0 radical (unpaired) electrons. The molecule has 3 nitrogen and oxygen atoms in total. The molecule has 0 fully saturated rings. The third-order valence-electron chi connectivity index (χ3n) is 2.31. The summed E-state index contributed by atoms with van der Waals surface area (Å²) in [5.74, 6) is 1.44. The molecule has 2 aromatic rings. The van der Waals surface area contributed by atoms with Gasteiger partial charge in [-0.3, -0.25) is 0 Å². The third kappa shape index (κ3) is 1.64. The maximum Gasteiger partial charge on any atom is 0.136 e. The lowest BCUT2D eigenvalue weighted by Crippen LogP contribution is -1.94. The van der Waals surface area contributed by atoms with Crippen molar-refractivity contribution in [1.29, 1.82) is 5.26 Å². The van der Waals surface area contributed by atoms with Crippen LogP contribution in [0.15, 0.2) is 28.7 Å². The van der Waals surface area contributed by atoms with E-state index in [2.05, 4.69) is 0 Å². The number of nitrogen functional groups attached to an aromatic ring is 1. The van der Waals surface area contributed by atoms with Crippen LogP contribution in [-0.4, -0.2) is 0 Å². The topological polar surface area (TPSA) is 63.0 Å². The average Bonchev–Trinajstić information content (AvgIpc) is 2.65. The van der Waals surface area contributed by atoms with Gasteiger partial charge in [0.25, 0.3) is 0 Å². The van der Waals surface area contributed by atoms with Crippen molar-refractivity contribution < 1.29 is 4.42 Å². The third-order valence-corrected chi connectivity index (χ3v) is 2.63. The van der Waals surface area contributed by atoms with Crippen molar-refractivity contribution in [2.75, 3.05) is 5.73 Å². The first kappa shape index (κ1) is 10.6. The zero-order valence-electron chi connectivity index (χ0n) is 8.62. The summed E-state index contributed by atoms with van der Waals surface area (Å²) >= 11 is 5.86. The molecular weight excluding hydrogens is 224 g/mol. The van der Waals surface area contributed by atoms with E-state index in [-0.39, 0.29) is 5.56 Å². The molecule has 1 aromatic carbocycles. The van der Waals surface area contributed by atoms with E-state index in [0.29, 0.717) is 22.0 Å². The molecule has 0 atom stereocenters. The van der Waals surface area contributed by atoms with Gasteiger partial charge in [0.05, 0.1) is 16.3 Å². The van der Waals surface area contributed by atoms with Gasteiger partial charge >= 0.3 is 0 Å². The normalized spacial score (nSPS) is 10.1. The van der Waals surface area contributed by atoms with Crippen LogP contribution in [0.5, 0.6) is 0 Å². The van der Waals surface area contributed by atoms with E-state index in [1.807, 2.05) is 25.1 Å². The highest BCUT2D eigenvalue weighted by molar-refractivity contribution is 6.32. The number of rotatable bonds is 1. The largest absolute Gasteiger partial charge is 0.461 e. The smallest absolute Gasteiger partial charge is 0.136 e. The monoisotopic (exact) mass is 232 g/mol. The Hall–Kier alpha value is -1.92. The first-order valence-electron chi connectivity index (χ1n) is 4.68. The van der Waals surface area contributed by atoms with Crippen molar-refractivity contribution in [2.45, 2.75) is 6.92 Å². The van der Waals surface area contributed by atoms with Crippen LogP contribution >= 0.6 is 11.6 Å². The molecule has 0 aliphatic rings. The van der Waals surface area contributed by atoms with Crippen LogP contribution in [-0.2, 0) is 0 Å². The Morgan fingerprint density at radius 1 is 1.31 bits per heavy atom. The highest BCUT2D eigenvalue weighted by Gasteiger charge is 2.12. The van der Waals surface area contributed by atoms with Crippen LogP contribution in [0.1, 0.15) is 11.3 Å². The maximum atomic E-state index is 8.93. The summed E-state index contributed by atoms with van der Waals surface area (Å²) in [4.78, 5) is 0. The van der Waals surface area contributed by atoms with Crippen LogP contribution in [0.3, 0.4) is 0 Å². The number of furan rings is 1. The minimum absolute atomic E-state index is 0.285. The second-order valence-electron chi connectivity index (χ2n) is 3.41. The number of nitrogens with two attached hydrogens (primary N) is 1. The van der Waals surface area contributed by atoms with Gasteiger partial charge in [0.2, 0.25) is 0 Å². The second-order valence-corrected chi connectivity index (χ2v) is 3.81. The van der Waals surface area contributed by atoms with Gasteiger partial charge in [-0.25, -0.2) is 0 Å². The maximum absolute atomic E-state index is 8.93. The van der Waals surface area contributed by atoms with Crippen molar-refractivity contribution in [3.63, 3.8) is 0 Å². The zero-order valence-corrected chi connectivity index (χ0v) is 9.38. The van der Waals surface area contributed by atoms with Crippen LogP contribution in [0.25, 0.3) is 11.3 Å². The fraction of sp³-hybridized carbons (Fsp3) is 0.0833. The molecule has 4 heteroatoms. The number of halogens is 1. The number of hydrogen-bond donors (Lipinski definition) is 1. The fourth-order valence-electron chi connectivity index (χ4n) is 1.50. The first-order chi connectivity index (χ1) is 7.63. The summed E-state index contributed by atoms with van der Waals surface area (Å²) in [6.07, 6.45) is 0. The van der Waals surface area contributed by atoms with Crippen molar-refractivity contribution in [2.24, 2.45) is 0 Å². The van der Waals surface area contributed by atoms with E-state index in [0.717, 1.165) is 5.76 Å². The highest BCUT2D eigenvalue weighted by Crippen LogP contribution is 2.33. The van der Waals surface area contributed by atoms with Gasteiger partial charge in [0.15, 0.2) is 0 Å². The highest BCUT2D eigenvalue weighted by atomic mass is 35.5. The number of nitrogens with zero attached hydrogens (tertiary/aromatic N) is 1. The molecule has 0 saturated carbocycles. The number of nitriles is 1. The molecule has 0 aliphatic carbocycles. The second kappa shape index (κ2) is 3.92. The van der Waals surface area contributed by atoms with E-state index in [9.17, 15) is 0 Å². The molecular formula is C12H9ClN2O. The molecule has 2 rings (SSSR count). The van der Waals surface area contributed by atoms with E-state index in [4.69, 9.17) is 27.0 Å². The van der Waals surface area contributed by atoms with Gasteiger partial charge in [0, 0.05) is 5.56 Å². The zero-order chi connectivity index (χ0) is 11.7. The van der Waals surface area contributed by atoms with Gasteiger partial charge in [0.1, 0.15) is 17.6 Å². The van der Waals surface area contributed by atoms with Gasteiger partial charge in [-0.05, 0) is 31.2 Å². The minimum Gasteiger partial charge on any atom is -0.461 e. The lowest BCUT2D eigenvalue weighted by atomic mass is 10.1. The van der Waals surface area contributed by atoms with Crippen molar-refractivity contribution in [3.8, 4) is 17.4 Å². The number of anilines is 1. The van der Waals surface area contributed by atoms with Gasteiger partial charge in [-0.1, -0.05) is 11.6 Å². The molecule has 16 heavy (non-hydrogen) atoms. The van der Waals surface area contributed by atoms with E-state index < -0.39 is 0 Å². The van der Waals surface area contributed by atoms with E-state index in [1.165, 1.54) is 0 Å². The SMILES string of the molecule is Cc1ccc(-c2ccc(Cl)c(C#N)c2N)o1. The molecule has 0 unspecified atom stereocenters. The standard InChI is InChI=1S/C12H9ClN2O/c1-7-2-5-11(16-7)8-3-4-10(13)9(6-14)12(8)15/h2-5H,15H2,1H3. The molecule has 0 aliphatic heterocycles. The fourth-order valence-corrected chi connectivity index (χ4v) is 1.71. The van der Waals surface area contributed by atoms with Crippen molar-refractivity contribution in [1.82, 2.24) is 0 Å². The van der Waals surface area contributed by atoms with Gasteiger partial charge < -0.3 is 10.2 Å². The quantitative estimate of drug-likeness (QED) is 0.767. The molecule has 80 valence electrons. The summed E-state index contributed by atoms with van der Waals surface area (Å²) < 4.78 is 5.46. The Bertz CT molecular complexity index is 581. The summed E-state index contributed by atoms with van der Waals surface area (Å²) in [7, 11) is 0. The molecule has 0 amide bonds. The van der Waals surface area contributed by atoms with Crippen LogP contribution in [0.4, 0.5) is 5.69 Å². The number of benzene rings is 1. The molecule has 1 heterocycles. The van der Waals surface area contributed by atoms with Crippen LogP contribution in [0, 0.1) is 18.3 Å². The molecule has 1 aromatic heterocycles. The Balaban J connectivity index is 2.64. The molecule has 0 spiro atoms. The van der Waals surface area contributed by atoms with Crippen molar-refractivity contribution in [3.05, 3.63) is 40.6 Å². The Labute approximate surface area is 98.0 Å². The van der Waals surface area contributed by atoms with Crippen LogP contribution in [0.2, 0.25) is 5.02 Å². The Kier molecular flexibility index (Phi) is 2.59. The predicted octanol–water partition coefficient (Wildman–Crippen LogP) is 3.36. The van der Waals surface area contributed by atoms with Crippen LogP contribution < -0.4 is 5.73 Å². The Morgan fingerprint density at radius 2 is 2.06 bits per heavy atom. The van der Waals surface area contributed by atoms with Gasteiger partial charge in [-0.2, -0.15) is 5.26 Å². The molecule has 2 N–H and O–H groups in total. The van der Waals surface area contributed by atoms with Gasteiger partial charge in [-0.15, -0.1) is 0 Å². The Morgan fingerprint density at radius 3 is 2.62 bits per heavy atom. The summed E-state index contributed by atoms with van der Waals surface area (Å²) in [5.41, 5.74) is 7.19. The molecule has 0 bridgehead atoms. The lowest BCUT2D eigenvalue weighted by Gasteiger charge is -2.05. The lowest BCUT2D eigenvalue weighted by molar-refractivity contribution is 0.548. The van der Waals surface area contributed by atoms with Crippen molar-refractivity contribution >= 4 is 17.3 Å². The average molecular weight is 233 g/mol. The summed E-state index contributed by atoms with van der Waals surface area (Å²) in [6.45, 7) is 1.85. The van der Waals surface area contributed by atoms with E-state index >= 15 is 0 Å². The number of hydrogen-bond acceptors (Lipinski definition) is 3. The van der Waals surface area contributed by atoms with E-state index in [1.54, 1.807) is 12.1 Å². The first-order valence-corrected chi connectivity index (χ1v) is 5.06. The summed E-state index contributed by atoms with van der Waals surface area (Å²) in [6, 6.07) is 9.03.